The smallest absolute Gasteiger partial charge is 0.306 e. The summed E-state index contributed by atoms with van der Waals surface area (Å²) in [5, 5.41) is 0. The van der Waals surface area contributed by atoms with E-state index in [1.54, 1.807) is 0 Å². The van der Waals surface area contributed by atoms with Crippen molar-refractivity contribution in [1.29, 1.82) is 0 Å². The van der Waals surface area contributed by atoms with E-state index in [1.165, 1.54) is 103 Å². The Kier molecular flexibility index (Phi) is 27.2. The van der Waals surface area contributed by atoms with Crippen LogP contribution in [0, 0.1) is 0 Å². The molecule has 2 unspecified atom stereocenters. The van der Waals surface area contributed by atoms with Gasteiger partial charge in [-0.1, -0.05) is 109 Å². The van der Waals surface area contributed by atoms with Gasteiger partial charge in [0, 0.05) is 13.3 Å². The molecule has 0 aliphatic heterocycles. The number of allylic oxidation sites excluding steroid dienone is 2. The number of carbonyl (C=O) groups excluding carboxylic acids is 2. The number of hydrogen-bond acceptors (Lipinski definition) is 8. The van der Waals surface area contributed by atoms with E-state index in [2.05, 4.69) is 19.1 Å². The molecule has 0 spiro atoms. The lowest BCUT2D eigenvalue weighted by atomic mass is 10.1. The fourth-order valence-corrected chi connectivity index (χ4v) is 5.34. The molecule has 2 atom stereocenters. The largest absolute Gasteiger partial charge is 0.756 e. The lowest BCUT2D eigenvalue weighted by Crippen LogP contribution is -2.37. The minimum absolute atomic E-state index is 0.0320. The molecule has 0 bridgehead atoms. The van der Waals surface area contributed by atoms with Gasteiger partial charge >= 0.3 is 11.9 Å². The van der Waals surface area contributed by atoms with Gasteiger partial charge < -0.3 is 27.9 Å². The summed E-state index contributed by atoms with van der Waals surface area (Å²) in [5.74, 6) is -1.03. The van der Waals surface area contributed by atoms with Crippen molar-refractivity contribution >= 4 is 19.8 Å². The van der Waals surface area contributed by atoms with Gasteiger partial charge in [-0.2, -0.15) is 0 Å². The molecule has 0 N–H and O–H groups in total. The highest BCUT2D eigenvalue weighted by atomic mass is 31.2. The number of hydrogen-bond donors (Lipinski definition) is 0. The molecule has 0 saturated carbocycles. The second-order valence-electron chi connectivity index (χ2n) is 13.0. The Hall–Kier alpha value is -1.25. The summed E-state index contributed by atoms with van der Waals surface area (Å²) in [6.45, 7) is 3.18. The zero-order valence-electron chi connectivity index (χ0n) is 28.9. The predicted molar refractivity (Wildman–Crippen MR) is 176 cm³/mol. The van der Waals surface area contributed by atoms with Gasteiger partial charge in [0.25, 0.3) is 7.82 Å². The van der Waals surface area contributed by atoms with Crippen molar-refractivity contribution in [2.24, 2.45) is 0 Å². The number of phosphoric ester groups is 1. The Bertz CT molecular complexity index is 784. The van der Waals surface area contributed by atoms with Crippen LogP contribution in [-0.4, -0.2) is 70.0 Å². The van der Waals surface area contributed by atoms with Crippen LogP contribution in [0.2, 0.25) is 0 Å². The number of quaternary nitrogens is 1. The Morgan fingerprint density at radius 2 is 1.20 bits per heavy atom. The van der Waals surface area contributed by atoms with Crippen LogP contribution in [0.15, 0.2) is 12.2 Å². The average molecular weight is 648 g/mol. The molecule has 0 heterocycles. The van der Waals surface area contributed by atoms with E-state index in [4.69, 9.17) is 18.5 Å². The topological polar surface area (TPSA) is 111 Å². The van der Waals surface area contributed by atoms with Crippen molar-refractivity contribution in [3.63, 3.8) is 0 Å². The highest BCUT2D eigenvalue weighted by molar-refractivity contribution is 7.45. The summed E-state index contributed by atoms with van der Waals surface area (Å²) < 4.78 is 32.6. The van der Waals surface area contributed by atoms with Crippen molar-refractivity contribution in [2.75, 3.05) is 47.5 Å². The second kappa shape index (κ2) is 28.0. The molecule has 9 nitrogen and oxygen atoms in total. The molecule has 0 aromatic carbocycles. The maximum absolute atomic E-state index is 12.3. The van der Waals surface area contributed by atoms with Crippen molar-refractivity contribution in [1.82, 2.24) is 0 Å². The molecule has 0 aromatic rings. The zero-order valence-corrected chi connectivity index (χ0v) is 29.8. The minimum Gasteiger partial charge on any atom is -0.756 e. The Labute approximate surface area is 269 Å². The molecular weight excluding hydrogens is 581 g/mol. The van der Waals surface area contributed by atoms with E-state index < -0.39 is 32.5 Å². The third-order valence-electron chi connectivity index (χ3n) is 7.34. The average Bonchev–Trinajstić information content (AvgIpc) is 2.94. The van der Waals surface area contributed by atoms with Gasteiger partial charge in [-0.25, -0.2) is 0 Å². The van der Waals surface area contributed by atoms with Gasteiger partial charge in [-0.3, -0.25) is 14.2 Å². The van der Waals surface area contributed by atoms with Crippen LogP contribution in [0.5, 0.6) is 0 Å². The standard InChI is InChI=1S/C34H66NO8P/c1-6-7-8-9-10-11-12-13-14-15-16-17-18-19-20-21-22-23-24-25-26-27-34(37)43-33(30-40-32(2)36)31-42-44(38,39)41-29-28-35(3,4)5/h15-16,33H,6-14,17-31H2,1-5H3/b16-15-. The molecule has 44 heavy (non-hydrogen) atoms. The molecule has 0 aliphatic carbocycles. The Morgan fingerprint density at radius 1 is 0.727 bits per heavy atom. The highest BCUT2D eigenvalue weighted by Crippen LogP contribution is 2.38. The van der Waals surface area contributed by atoms with Gasteiger partial charge in [0.15, 0.2) is 6.10 Å². The molecule has 10 heteroatoms. The quantitative estimate of drug-likeness (QED) is 0.0244. The predicted octanol–water partition coefficient (Wildman–Crippen LogP) is 8.05. The lowest BCUT2D eigenvalue weighted by molar-refractivity contribution is -0.870. The summed E-state index contributed by atoms with van der Waals surface area (Å²) in [5.41, 5.74) is 0. The monoisotopic (exact) mass is 647 g/mol. The maximum atomic E-state index is 12.3. The van der Waals surface area contributed by atoms with E-state index >= 15 is 0 Å². The summed E-state index contributed by atoms with van der Waals surface area (Å²) in [6, 6.07) is 0. The first-order valence-corrected chi connectivity index (χ1v) is 18.8. The number of unbranched alkanes of at least 4 members (excludes halogenated alkanes) is 17. The lowest BCUT2D eigenvalue weighted by Gasteiger charge is -2.28. The summed E-state index contributed by atoms with van der Waals surface area (Å²) >= 11 is 0. The normalized spacial score (nSPS) is 14.0. The number of phosphoric acid groups is 1. The van der Waals surface area contributed by atoms with E-state index in [9.17, 15) is 19.0 Å². The molecule has 0 saturated heterocycles. The van der Waals surface area contributed by atoms with Crippen molar-refractivity contribution in [3.8, 4) is 0 Å². The van der Waals surface area contributed by atoms with Crippen LogP contribution in [0.4, 0.5) is 0 Å². The second-order valence-corrected chi connectivity index (χ2v) is 14.4. The van der Waals surface area contributed by atoms with Crippen LogP contribution in [0.3, 0.4) is 0 Å². The van der Waals surface area contributed by atoms with Crippen molar-refractivity contribution < 1.29 is 42.1 Å². The molecular formula is C34H66NO8P. The van der Waals surface area contributed by atoms with E-state index in [0.29, 0.717) is 17.4 Å². The van der Waals surface area contributed by atoms with Gasteiger partial charge in [0.1, 0.15) is 19.8 Å². The number of rotatable bonds is 31. The molecule has 0 aromatic heterocycles. The van der Waals surface area contributed by atoms with Crippen LogP contribution < -0.4 is 4.89 Å². The van der Waals surface area contributed by atoms with Crippen LogP contribution in [0.1, 0.15) is 142 Å². The summed E-state index contributed by atoms with van der Waals surface area (Å²) in [4.78, 5) is 35.5. The van der Waals surface area contributed by atoms with Crippen molar-refractivity contribution in [2.45, 2.75) is 148 Å². The zero-order chi connectivity index (χ0) is 32.9. The first kappa shape index (κ1) is 42.8. The molecule has 0 aliphatic rings. The molecule has 0 radical (unpaired) electrons. The number of likely N-dealkylation sites (N-methyl/N-ethyl adjacent to an activating group) is 1. The van der Waals surface area contributed by atoms with Gasteiger partial charge in [-0.15, -0.1) is 0 Å². The Morgan fingerprint density at radius 3 is 1.68 bits per heavy atom. The number of nitrogens with zero attached hydrogens (tertiary/aromatic N) is 1. The number of ether oxygens (including phenoxy) is 2. The third-order valence-corrected chi connectivity index (χ3v) is 8.31. The van der Waals surface area contributed by atoms with Gasteiger partial charge in [-0.05, 0) is 32.1 Å². The SMILES string of the molecule is CCCCCCCCCC/C=C\CCCCCCCCCCCC(=O)OC(COC(C)=O)COP(=O)([O-])OCC[N+](C)(C)C. The first-order chi connectivity index (χ1) is 20.9. The van der Waals surface area contributed by atoms with E-state index in [1.807, 2.05) is 21.1 Å². The summed E-state index contributed by atoms with van der Waals surface area (Å²) in [6.07, 6.45) is 27.5. The number of esters is 2. The van der Waals surface area contributed by atoms with Gasteiger partial charge in [0.2, 0.25) is 0 Å². The highest BCUT2D eigenvalue weighted by Gasteiger charge is 2.21. The summed E-state index contributed by atoms with van der Waals surface area (Å²) in [7, 11) is 1.16. The fraction of sp³-hybridized carbons (Fsp3) is 0.882. The van der Waals surface area contributed by atoms with E-state index in [0.717, 1.165) is 19.3 Å². The third kappa shape index (κ3) is 32.2. The molecule has 0 fully saturated rings. The Balaban J connectivity index is 3.84. The van der Waals surface area contributed by atoms with Crippen molar-refractivity contribution in [3.05, 3.63) is 12.2 Å². The van der Waals surface area contributed by atoms with Crippen LogP contribution in [0.25, 0.3) is 0 Å². The van der Waals surface area contributed by atoms with Crippen LogP contribution >= 0.6 is 7.82 Å². The molecule has 0 rings (SSSR count). The first-order valence-electron chi connectivity index (χ1n) is 17.3. The van der Waals surface area contributed by atoms with Crippen LogP contribution in [-0.2, 0) is 32.7 Å². The fourth-order valence-electron chi connectivity index (χ4n) is 4.61. The van der Waals surface area contributed by atoms with Gasteiger partial charge in [0.05, 0.1) is 27.7 Å². The molecule has 260 valence electrons. The maximum Gasteiger partial charge on any atom is 0.306 e. The number of carbonyl (C=O) groups is 2. The minimum atomic E-state index is -4.58. The molecule has 0 amide bonds. The van der Waals surface area contributed by atoms with E-state index in [-0.39, 0.29) is 19.6 Å².